The molecule has 0 spiro atoms. The second-order valence-electron chi connectivity index (χ2n) is 19.6. The molecule has 0 saturated carbocycles. The predicted molar refractivity (Wildman–Crippen MR) is 314 cm³/mol. The normalized spacial score (nSPS) is 14.5. The summed E-state index contributed by atoms with van der Waals surface area (Å²) >= 11 is 0. The zero-order valence-electron chi connectivity index (χ0n) is 48.2. The van der Waals surface area contributed by atoms with Gasteiger partial charge in [-0.3, -0.25) is 33.6 Å². The van der Waals surface area contributed by atoms with E-state index in [0.29, 0.717) is 11.3 Å². The highest BCUT2D eigenvalue weighted by Gasteiger charge is 2.60. The van der Waals surface area contributed by atoms with Crippen LogP contribution in [0.2, 0.25) is 0 Å². The van der Waals surface area contributed by atoms with Crippen molar-refractivity contribution < 1.29 is 67.0 Å². The number of benzene rings is 4. The van der Waals surface area contributed by atoms with Crippen LogP contribution in [0.3, 0.4) is 0 Å². The molecule has 2 aromatic heterocycles. The van der Waals surface area contributed by atoms with E-state index in [1.807, 2.05) is 36.4 Å². The van der Waals surface area contributed by atoms with Crippen LogP contribution >= 0.6 is 0 Å². The zero-order chi connectivity index (χ0) is 61.3. The fourth-order valence-corrected chi connectivity index (χ4v) is 9.21. The number of carboxylic acids is 1. The van der Waals surface area contributed by atoms with Gasteiger partial charge in [0.15, 0.2) is 18.1 Å². The predicted octanol–water partition coefficient (Wildman–Crippen LogP) is 3.85. The second-order valence-corrected chi connectivity index (χ2v) is 19.6. The summed E-state index contributed by atoms with van der Waals surface area (Å²) in [6.45, 7) is -1.61. The van der Waals surface area contributed by atoms with Crippen molar-refractivity contribution in [2.75, 3.05) is 87.0 Å². The highest BCUT2D eigenvalue weighted by atomic mass is 16.5. The number of nitrogens with zero attached hydrogens (tertiary/aromatic N) is 4. The van der Waals surface area contributed by atoms with Crippen LogP contribution in [0.15, 0.2) is 162 Å². The Morgan fingerprint density at radius 2 is 1.03 bits per heavy atom. The summed E-state index contributed by atoms with van der Waals surface area (Å²) in [4.78, 5) is 116. The molecular formula is C63H71N7O16. The van der Waals surface area contributed by atoms with E-state index in [9.17, 15) is 28.8 Å². The molecule has 0 fully saturated rings. The van der Waals surface area contributed by atoms with Crippen molar-refractivity contribution in [3.05, 3.63) is 206 Å². The summed E-state index contributed by atoms with van der Waals surface area (Å²) in [6, 6.07) is 36.3. The highest BCUT2D eigenvalue weighted by Crippen LogP contribution is 2.35. The second kappa shape index (κ2) is 32.6. The van der Waals surface area contributed by atoms with Gasteiger partial charge in [0.25, 0.3) is 34.7 Å². The molecule has 2 atom stereocenters. The Balaban J connectivity index is 1.23. The lowest BCUT2D eigenvalue weighted by atomic mass is 9.80. The van der Waals surface area contributed by atoms with Gasteiger partial charge in [-0.05, 0) is 52.9 Å². The van der Waals surface area contributed by atoms with E-state index < -0.39 is 64.7 Å². The van der Waals surface area contributed by atoms with Gasteiger partial charge < -0.3 is 73.1 Å². The summed E-state index contributed by atoms with van der Waals surface area (Å²) in [5, 5.41) is 17.5. The van der Waals surface area contributed by atoms with Gasteiger partial charge in [0.1, 0.15) is 24.9 Å². The first kappa shape index (κ1) is 64.1. The van der Waals surface area contributed by atoms with Crippen LogP contribution in [0, 0.1) is 5.92 Å². The zero-order valence-corrected chi connectivity index (χ0v) is 48.2. The van der Waals surface area contributed by atoms with E-state index in [0.717, 1.165) is 16.7 Å². The molecule has 0 radical (unpaired) electrons. The average Bonchev–Trinajstić information content (AvgIpc) is 0.836. The third-order valence-electron chi connectivity index (χ3n) is 13.8. The number of hydrogen-bond acceptors (Lipinski definition) is 15. The quantitative estimate of drug-likeness (QED) is 0.0418. The first-order chi connectivity index (χ1) is 41.8. The van der Waals surface area contributed by atoms with Crippen LogP contribution in [0.5, 0.6) is 17.2 Å². The Bertz CT molecular complexity index is 3250. The lowest BCUT2D eigenvalue weighted by molar-refractivity contribution is -0.185. The number of pyridine rings is 2. The van der Waals surface area contributed by atoms with E-state index in [1.54, 1.807) is 78.9 Å². The minimum atomic E-state index is -2.64. The van der Waals surface area contributed by atoms with Crippen molar-refractivity contribution >= 4 is 35.5 Å². The Hall–Kier alpha value is -9.42. The van der Waals surface area contributed by atoms with Crippen molar-refractivity contribution in [1.29, 1.82) is 0 Å². The number of carbonyl (C=O) groups excluding carboxylic acids is 5. The van der Waals surface area contributed by atoms with Gasteiger partial charge >= 0.3 is 5.97 Å². The number of hydrogen-bond donors (Lipinski definition) is 4. The molecule has 86 heavy (non-hydrogen) atoms. The number of aromatic nitrogens is 2. The van der Waals surface area contributed by atoms with E-state index in [-0.39, 0.29) is 121 Å². The first-order valence-electron chi connectivity index (χ1n) is 27.8. The van der Waals surface area contributed by atoms with Crippen LogP contribution in [-0.2, 0) is 77.5 Å². The maximum atomic E-state index is 16.1. The number of rotatable bonds is 34. The first-order valence-corrected chi connectivity index (χ1v) is 27.8. The summed E-state index contributed by atoms with van der Waals surface area (Å²) in [5.41, 5.74) is -1.29. The van der Waals surface area contributed by atoms with Crippen LogP contribution in [0.4, 0.5) is 0 Å². The standard InChI is InChI=1S/C63H71N7O16/c1-80-38-35-67-30-24-50(54(59(67)76)84-41-46-13-7-4-8-14-46)56(73)65-28-33-70(34-29-66-57(74)51-25-31-68(36-39-81-2)60(77)55(51)85-42-47-15-9-5-10-16-47)62(79)63(86-43-48-17-11-6-12-18-48)52(26-32-69(61(63)78)37-40-82-3)58(75)64-27-23-45-19-21-49(22-20-45)83-44-53(71)72/h4-22,24-26,30-32,52H,23,27-29,33-44H2,1-3H3,(H,64,75)(H,65,73)(H,66,74)(H,71,72). The van der Waals surface area contributed by atoms with Crippen LogP contribution in [-0.4, -0.2) is 152 Å². The molecular weight excluding hydrogens is 1110 g/mol. The fraction of sp³-hybridized carbons (Fsp3) is 0.333. The lowest BCUT2D eigenvalue weighted by Gasteiger charge is -2.43. The Labute approximate surface area is 497 Å². The number of ether oxygens (including phenoxy) is 7. The van der Waals surface area contributed by atoms with E-state index >= 15 is 9.59 Å². The summed E-state index contributed by atoms with van der Waals surface area (Å²) in [6.07, 6.45) is 5.95. The van der Waals surface area contributed by atoms with Gasteiger partial charge in [-0.15, -0.1) is 0 Å². The molecule has 23 nitrogen and oxygen atoms in total. The van der Waals surface area contributed by atoms with Crippen LogP contribution in [0.25, 0.3) is 0 Å². The van der Waals surface area contributed by atoms with E-state index in [4.69, 9.17) is 38.3 Å². The maximum absolute atomic E-state index is 16.1. The number of carboxylic acid groups (broad SMARTS) is 1. The Kier molecular flexibility index (Phi) is 24.3. The number of carbonyl (C=O) groups is 6. The Morgan fingerprint density at radius 1 is 0.558 bits per heavy atom. The largest absolute Gasteiger partial charge is 0.482 e. The third-order valence-corrected chi connectivity index (χ3v) is 13.8. The van der Waals surface area contributed by atoms with Gasteiger partial charge in [-0.25, -0.2) is 4.79 Å². The van der Waals surface area contributed by atoms with Gasteiger partial charge in [-0.2, -0.15) is 0 Å². The van der Waals surface area contributed by atoms with Gasteiger partial charge in [0, 0.05) is 92.3 Å². The molecule has 7 rings (SSSR count). The molecule has 6 aromatic rings. The molecule has 0 aliphatic carbocycles. The topological polar surface area (TPSA) is 274 Å². The summed E-state index contributed by atoms with van der Waals surface area (Å²) in [7, 11) is 4.42. The third kappa shape index (κ3) is 17.3. The van der Waals surface area contributed by atoms with Crippen LogP contribution < -0.4 is 41.3 Å². The summed E-state index contributed by atoms with van der Waals surface area (Å²) in [5.74, 6) is -7.06. The van der Waals surface area contributed by atoms with Crippen molar-refractivity contribution in [3.8, 4) is 17.2 Å². The van der Waals surface area contributed by atoms with Gasteiger partial charge in [0.2, 0.25) is 11.5 Å². The molecule has 3 heterocycles. The smallest absolute Gasteiger partial charge is 0.341 e. The molecule has 1 aliphatic rings. The highest BCUT2D eigenvalue weighted by molar-refractivity contribution is 6.14. The number of aliphatic carboxylic acids is 1. The lowest BCUT2D eigenvalue weighted by Crippen LogP contribution is -2.68. The van der Waals surface area contributed by atoms with Crippen molar-refractivity contribution in [3.63, 3.8) is 0 Å². The molecule has 0 bridgehead atoms. The van der Waals surface area contributed by atoms with Crippen molar-refractivity contribution in [1.82, 2.24) is 34.9 Å². The average molecular weight is 1180 g/mol. The molecule has 1 aliphatic heterocycles. The molecule has 23 heteroatoms. The monoisotopic (exact) mass is 1180 g/mol. The minimum Gasteiger partial charge on any atom is -0.482 e. The van der Waals surface area contributed by atoms with Crippen molar-refractivity contribution in [2.45, 2.75) is 44.9 Å². The number of methoxy groups -OCH3 is 3. The Morgan fingerprint density at radius 3 is 1.51 bits per heavy atom. The van der Waals surface area contributed by atoms with Crippen molar-refractivity contribution in [2.24, 2.45) is 5.92 Å². The molecule has 4 aromatic carbocycles. The SMILES string of the molecule is COCCN1C=CC(C(=O)NCCc2ccc(OCC(=O)O)cc2)C(OCc2ccccc2)(C(=O)N(CCNC(=O)c2ccn(CCOC)c(=O)c2OCc2ccccc2)CCNC(=O)c2ccn(CCOC)c(=O)c2OCc2ccccc2)C1=O. The maximum Gasteiger partial charge on any atom is 0.341 e. The molecule has 2 unspecified atom stereocenters. The van der Waals surface area contributed by atoms with E-state index in [1.165, 1.54) is 77.1 Å². The van der Waals surface area contributed by atoms with Crippen LogP contribution in [0.1, 0.15) is 43.0 Å². The molecule has 0 saturated heterocycles. The number of nitrogens with one attached hydrogen (secondary N) is 3. The number of amides is 5. The molecule has 4 N–H and O–H groups in total. The summed E-state index contributed by atoms with van der Waals surface area (Å²) < 4.78 is 42.5. The fourth-order valence-electron chi connectivity index (χ4n) is 9.21. The molecule has 5 amide bonds. The van der Waals surface area contributed by atoms with Gasteiger partial charge in [0.05, 0.1) is 37.6 Å². The van der Waals surface area contributed by atoms with Gasteiger partial charge in [-0.1, -0.05) is 109 Å². The minimum absolute atomic E-state index is 0.0206. The van der Waals surface area contributed by atoms with E-state index in [2.05, 4.69) is 16.0 Å². The molecule has 454 valence electrons.